The van der Waals surface area contributed by atoms with Crippen molar-refractivity contribution in [2.75, 3.05) is 38.5 Å². The Morgan fingerprint density at radius 1 is 0.889 bits per heavy atom. The number of hydrogen-bond donors (Lipinski definition) is 1. The summed E-state index contributed by atoms with van der Waals surface area (Å²) in [5, 5.41) is 3.24. The van der Waals surface area contributed by atoms with Gasteiger partial charge in [-0.2, -0.15) is 0 Å². The van der Waals surface area contributed by atoms with Crippen LogP contribution in [-0.2, 0) is 6.42 Å². The molecule has 182 valence electrons. The molecule has 4 heterocycles. The zero-order valence-electron chi connectivity index (χ0n) is 20.4. The molecule has 1 aliphatic rings. The first kappa shape index (κ1) is 23.5. The van der Waals surface area contributed by atoms with Crippen LogP contribution in [0.2, 0.25) is 0 Å². The molecule has 5 rings (SSSR count). The van der Waals surface area contributed by atoms with E-state index in [1.807, 2.05) is 54.3 Å². The summed E-state index contributed by atoms with van der Waals surface area (Å²) in [7, 11) is 2.08. The molecule has 1 aliphatic heterocycles. The van der Waals surface area contributed by atoms with E-state index in [-0.39, 0.29) is 5.91 Å². The van der Waals surface area contributed by atoms with E-state index >= 15 is 0 Å². The van der Waals surface area contributed by atoms with Crippen molar-refractivity contribution in [3.8, 4) is 11.5 Å². The molecule has 0 spiro atoms. The number of likely N-dealkylation sites (N-methyl/N-ethyl adjacent to an activating group) is 1. The first-order chi connectivity index (χ1) is 17.5. The predicted octanol–water partition coefficient (Wildman–Crippen LogP) is 3.36. The van der Waals surface area contributed by atoms with Crippen LogP contribution in [0.5, 0.6) is 0 Å². The minimum atomic E-state index is 0.0731. The maximum Gasteiger partial charge on any atom is 0.253 e. The normalized spacial score (nSPS) is 14.0. The van der Waals surface area contributed by atoms with Gasteiger partial charge in [0.25, 0.3) is 5.91 Å². The lowest BCUT2D eigenvalue weighted by Gasteiger charge is -2.32. The monoisotopic (exact) mass is 480 g/mol. The van der Waals surface area contributed by atoms with Crippen LogP contribution in [0.25, 0.3) is 11.5 Å². The van der Waals surface area contributed by atoms with Crippen LogP contribution in [0.3, 0.4) is 0 Å². The molecule has 1 N–H and O–H groups in total. The number of aryl methyl sites for hydroxylation is 1. The Hall–Kier alpha value is -4.24. The number of amides is 1. The van der Waals surface area contributed by atoms with Crippen molar-refractivity contribution in [1.82, 2.24) is 34.7 Å². The SMILES string of the molecule is Cc1cccc(-c2nccc(Nc3ccnc(Cc4cccc(C(=O)N5CCN(C)CC5)c4)n3)n2)n1. The molecule has 0 radical (unpaired) electrons. The Morgan fingerprint density at radius 2 is 1.64 bits per heavy atom. The van der Waals surface area contributed by atoms with Crippen molar-refractivity contribution in [3.05, 3.63) is 89.6 Å². The van der Waals surface area contributed by atoms with Crippen LogP contribution in [0, 0.1) is 6.92 Å². The summed E-state index contributed by atoms with van der Waals surface area (Å²) in [6.07, 6.45) is 3.93. The number of carbonyl (C=O) groups excluding carboxylic acids is 1. The van der Waals surface area contributed by atoms with Crippen molar-refractivity contribution >= 4 is 17.5 Å². The Labute approximate surface area is 210 Å². The van der Waals surface area contributed by atoms with Gasteiger partial charge in [0, 0.05) is 56.3 Å². The maximum absolute atomic E-state index is 13.0. The number of hydrogen-bond acceptors (Lipinski definition) is 8. The summed E-state index contributed by atoms with van der Waals surface area (Å²) < 4.78 is 0. The van der Waals surface area contributed by atoms with Gasteiger partial charge in [0.15, 0.2) is 5.82 Å². The molecule has 1 aromatic carbocycles. The van der Waals surface area contributed by atoms with Gasteiger partial charge in [-0.3, -0.25) is 4.79 Å². The molecule has 4 aromatic rings. The van der Waals surface area contributed by atoms with E-state index in [1.165, 1.54) is 0 Å². The van der Waals surface area contributed by atoms with Crippen molar-refractivity contribution < 1.29 is 4.79 Å². The van der Waals surface area contributed by atoms with Gasteiger partial charge in [-0.15, -0.1) is 0 Å². The van der Waals surface area contributed by atoms with E-state index in [9.17, 15) is 4.79 Å². The third-order valence-electron chi connectivity index (χ3n) is 6.06. The standard InChI is InChI=1S/C27H28N8O/c1-19-5-3-8-22(30-19)26-29-12-10-24(33-26)31-23-9-11-28-25(32-23)18-20-6-4-7-21(17-20)27(36)35-15-13-34(2)14-16-35/h3-12,17H,13-16,18H2,1-2H3,(H,28,29,31,32,33). The number of aromatic nitrogens is 5. The minimum Gasteiger partial charge on any atom is -0.336 e. The highest BCUT2D eigenvalue weighted by atomic mass is 16.2. The first-order valence-electron chi connectivity index (χ1n) is 12.0. The number of piperazine rings is 1. The van der Waals surface area contributed by atoms with Crippen LogP contribution >= 0.6 is 0 Å². The summed E-state index contributed by atoms with van der Waals surface area (Å²) >= 11 is 0. The number of nitrogens with zero attached hydrogens (tertiary/aromatic N) is 7. The van der Waals surface area contributed by atoms with E-state index in [1.54, 1.807) is 24.5 Å². The number of anilines is 2. The molecular formula is C27H28N8O. The van der Waals surface area contributed by atoms with Crippen molar-refractivity contribution in [1.29, 1.82) is 0 Å². The highest BCUT2D eigenvalue weighted by Gasteiger charge is 2.20. The van der Waals surface area contributed by atoms with Gasteiger partial charge in [0.05, 0.1) is 0 Å². The summed E-state index contributed by atoms with van der Waals surface area (Å²) in [5.41, 5.74) is 3.31. The fourth-order valence-electron chi connectivity index (χ4n) is 4.09. The summed E-state index contributed by atoms with van der Waals surface area (Å²) in [6.45, 7) is 5.23. The third-order valence-corrected chi connectivity index (χ3v) is 6.06. The molecule has 3 aromatic heterocycles. The van der Waals surface area contributed by atoms with Gasteiger partial charge in [-0.05, 0) is 55.9 Å². The minimum absolute atomic E-state index is 0.0731. The fourth-order valence-corrected chi connectivity index (χ4v) is 4.09. The number of rotatable bonds is 6. The molecular weight excluding hydrogens is 452 g/mol. The van der Waals surface area contributed by atoms with E-state index in [0.29, 0.717) is 41.0 Å². The highest BCUT2D eigenvalue weighted by molar-refractivity contribution is 5.94. The Balaban J connectivity index is 1.28. The van der Waals surface area contributed by atoms with Crippen LogP contribution in [-0.4, -0.2) is 73.9 Å². The Kier molecular flexibility index (Phi) is 6.90. The predicted molar refractivity (Wildman–Crippen MR) is 138 cm³/mol. The van der Waals surface area contributed by atoms with E-state index in [0.717, 1.165) is 37.4 Å². The smallest absolute Gasteiger partial charge is 0.253 e. The molecule has 0 unspecified atom stereocenters. The molecule has 36 heavy (non-hydrogen) atoms. The Morgan fingerprint density at radius 3 is 2.44 bits per heavy atom. The van der Waals surface area contributed by atoms with E-state index in [2.05, 4.69) is 42.2 Å². The number of carbonyl (C=O) groups is 1. The molecule has 9 nitrogen and oxygen atoms in total. The van der Waals surface area contributed by atoms with E-state index in [4.69, 9.17) is 0 Å². The topological polar surface area (TPSA) is 100 Å². The molecule has 0 saturated carbocycles. The zero-order valence-corrected chi connectivity index (χ0v) is 20.4. The number of benzene rings is 1. The van der Waals surface area contributed by atoms with Gasteiger partial charge >= 0.3 is 0 Å². The molecule has 1 fully saturated rings. The van der Waals surface area contributed by atoms with Gasteiger partial charge in [-0.1, -0.05) is 18.2 Å². The van der Waals surface area contributed by atoms with Crippen LogP contribution in [0.1, 0.15) is 27.4 Å². The van der Waals surface area contributed by atoms with Crippen LogP contribution in [0.4, 0.5) is 11.6 Å². The molecule has 0 bridgehead atoms. The molecule has 0 atom stereocenters. The van der Waals surface area contributed by atoms with Crippen LogP contribution < -0.4 is 5.32 Å². The zero-order chi connectivity index (χ0) is 24.9. The lowest BCUT2D eigenvalue weighted by atomic mass is 10.1. The summed E-state index contributed by atoms with van der Waals surface area (Å²) in [4.78, 5) is 39.6. The van der Waals surface area contributed by atoms with Gasteiger partial charge < -0.3 is 15.1 Å². The second-order valence-electron chi connectivity index (χ2n) is 8.89. The van der Waals surface area contributed by atoms with Crippen LogP contribution in [0.15, 0.2) is 67.0 Å². The lowest BCUT2D eigenvalue weighted by Crippen LogP contribution is -2.47. The molecule has 9 heteroatoms. The number of pyridine rings is 1. The van der Waals surface area contributed by atoms with Crippen molar-refractivity contribution in [2.45, 2.75) is 13.3 Å². The molecule has 0 aliphatic carbocycles. The second kappa shape index (κ2) is 10.6. The maximum atomic E-state index is 13.0. The second-order valence-corrected chi connectivity index (χ2v) is 8.89. The quantitative estimate of drug-likeness (QED) is 0.448. The summed E-state index contributed by atoms with van der Waals surface area (Å²) in [5.74, 6) is 2.52. The first-order valence-corrected chi connectivity index (χ1v) is 12.0. The van der Waals surface area contributed by atoms with Gasteiger partial charge in [-0.25, -0.2) is 24.9 Å². The molecule has 1 amide bonds. The Bertz CT molecular complexity index is 1370. The van der Waals surface area contributed by atoms with Crippen molar-refractivity contribution in [2.24, 2.45) is 0 Å². The third kappa shape index (κ3) is 5.69. The van der Waals surface area contributed by atoms with E-state index < -0.39 is 0 Å². The fraction of sp³-hybridized carbons (Fsp3) is 0.259. The van der Waals surface area contributed by atoms with Gasteiger partial charge in [0.1, 0.15) is 23.2 Å². The summed E-state index contributed by atoms with van der Waals surface area (Å²) in [6, 6.07) is 17.1. The average molecular weight is 481 g/mol. The largest absolute Gasteiger partial charge is 0.336 e. The van der Waals surface area contributed by atoms with Gasteiger partial charge in [0.2, 0.25) is 0 Å². The lowest BCUT2D eigenvalue weighted by molar-refractivity contribution is 0.0664. The van der Waals surface area contributed by atoms with Crippen molar-refractivity contribution in [3.63, 3.8) is 0 Å². The highest BCUT2D eigenvalue weighted by Crippen LogP contribution is 2.18. The number of nitrogens with one attached hydrogen (secondary N) is 1. The molecule has 1 saturated heterocycles. The average Bonchev–Trinajstić information content (AvgIpc) is 2.89.